The van der Waals surface area contributed by atoms with Crippen LogP contribution in [-0.2, 0) is 10.0 Å². The molecule has 1 aromatic rings. The first-order valence-corrected chi connectivity index (χ1v) is 8.65. The predicted octanol–water partition coefficient (Wildman–Crippen LogP) is 2.92. The molecular formula is C13H17Cl2NO3S. The number of hydrogen-bond donors (Lipinski definition) is 1. The fraction of sp³-hybridized carbons (Fsp3) is 0.538. The third-order valence-corrected chi connectivity index (χ3v) is 6.56. The van der Waals surface area contributed by atoms with Crippen molar-refractivity contribution >= 4 is 33.2 Å². The molecule has 1 aromatic carbocycles. The summed E-state index contributed by atoms with van der Waals surface area (Å²) in [6.45, 7) is 0. The highest BCUT2D eigenvalue weighted by atomic mass is 35.5. The predicted molar refractivity (Wildman–Crippen MR) is 79.7 cm³/mol. The lowest BCUT2D eigenvalue weighted by atomic mass is 9.93. The molecule has 1 N–H and O–H groups in total. The zero-order chi connectivity index (χ0) is 14.9. The molecule has 1 aliphatic carbocycles. The fourth-order valence-corrected chi connectivity index (χ4v) is 5.07. The third kappa shape index (κ3) is 2.97. The highest BCUT2D eigenvalue weighted by molar-refractivity contribution is 7.89. The first kappa shape index (κ1) is 16.0. The van der Waals surface area contributed by atoms with E-state index < -0.39 is 22.2 Å². The van der Waals surface area contributed by atoms with Crippen LogP contribution in [0.4, 0.5) is 0 Å². The Morgan fingerprint density at radius 2 is 1.75 bits per heavy atom. The average molecular weight is 338 g/mol. The summed E-state index contributed by atoms with van der Waals surface area (Å²) in [5.74, 6) is 0. The van der Waals surface area contributed by atoms with Gasteiger partial charge in [-0.2, -0.15) is 4.31 Å². The van der Waals surface area contributed by atoms with Crippen LogP contribution < -0.4 is 0 Å². The summed E-state index contributed by atoms with van der Waals surface area (Å²) in [5, 5.41) is 10.2. The molecular weight excluding hydrogens is 321 g/mol. The molecule has 1 saturated carbocycles. The second kappa shape index (κ2) is 6.20. The number of likely N-dealkylation sites (N-methyl/N-ethyl adjacent to an activating group) is 1. The van der Waals surface area contributed by atoms with Crippen LogP contribution in [-0.4, -0.2) is 37.0 Å². The highest BCUT2D eigenvalue weighted by Crippen LogP contribution is 2.34. The van der Waals surface area contributed by atoms with E-state index in [9.17, 15) is 13.5 Å². The Morgan fingerprint density at radius 1 is 1.20 bits per heavy atom. The van der Waals surface area contributed by atoms with Gasteiger partial charge in [0.1, 0.15) is 4.90 Å². The van der Waals surface area contributed by atoms with Crippen molar-refractivity contribution < 1.29 is 13.5 Å². The number of hydrogen-bond acceptors (Lipinski definition) is 3. The monoisotopic (exact) mass is 337 g/mol. The molecule has 0 aromatic heterocycles. The fourth-order valence-electron chi connectivity index (χ4n) is 2.57. The van der Waals surface area contributed by atoms with Crippen LogP contribution in [0.25, 0.3) is 0 Å². The molecule has 1 fully saturated rings. The van der Waals surface area contributed by atoms with Crippen molar-refractivity contribution in [2.75, 3.05) is 7.05 Å². The SMILES string of the molecule is CN(C1CCCCC1O)S(=O)(=O)c1c(Cl)cccc1Cl. The number of halogens is 2. The molecule has 2 rings (SSSR count). The quantitative estimate of drug-likeness (QED) is 0.922. The first-order chi connectivity index (χ1) is 9.35. The Kier molecular flexibility index (Phi) is 4.97. The Bertz CT molecular complexity index is 571. The number of nitrogens with zero attached hydrogens (tertiary/aromatic N) is 1. The minimum absolute atomic E-state index is 0.0923. The molecule has 7 heteroatoms. The maximum absolute atomic E-state index is 12.7. The van der Waals surface area contributed by atoms with Gasteiger partial charge in [-0.3, -0.25) is 0 Å². The smallest absolute Gasteiger partial charge is 0.246 e. The largest absolute Gasteiger partial charge is 0.391 e. The molecule has 0 heterocycles. The van der Waals surface area contributed by atoms with Gasteiger partial charge in [0.25, 0.3) is 0 Å². The Labute approximate surface area is 129 Å². The molecule has 20 heavy (non-hydrogen) atoms. The maximum Gasteiger partial charge on any atom is 0.246 e. The molecule has 4 nitrogen and oxygen atoms in total. The van der Waals surface area contributed by atoms with Crippen LogP contribution in [0.15, 0.2) is 23.1 Å². The molecule has 0 radical (unpaired) electrons. The van der Waals surface area contributed by atoms with Gasteiger partial charge in [-0.25, -0.2) is 8.42 Å². The number of aliphatic hydroxyl groups is 1. The molecule has 0 bridgehead atoms. The van der Waals surface area contributed by atoms with Gasteiger partial charge in [-0.05, 0) is 25.0 Å². The second-order valence-electron chi connectivity index (χ2n) is 4.99. The van der Waals surface area contributed by atoms with E-state index in [0.717, 1.165) is 12.8 Å². The van der Waals surface area contributed by atoms with Crippen LogP contribution in [0.2, 0.25) is 10.0 Å². The molecule has 2 atom stereocenters. The summed E-state index contributed by atoms with van der Waals surface area (Å²) < 4.78 is 26.5. The lowest BCUT2D eigenvalue weighted by molar-refractivity contribution is 0.0638. The molecule has 0 spiro atoms. The van der Waals surface area contributed by atoms with Gasteiger partial charge in [-0.15, -0.1) is 0 Å². The standard InChI is InChI=1S/C13H17Cl2NO3S/c1-16(11-7-2-3-8-12(11)17)20(18,19)13-9(14)5-4-6-10(13)15/h4-6,11-12,17H,2-3,7-8H2,1H3. The number of benzene rings is 1. The lowest BCUT2D eigenvalue weighted by Gasteiger charge is -2.34. The number of sulfonamides is 1. The van der Waals surface area contributed by atoms with Gasteiger partial charge in [0.05, 0.1) is 22.2 Å². The van der Waals surface area contributed by atoms with Crippen molar-refractivity contribution in [3.63, 3.8) is 0 Å². The van der Waals surface area contributed by atoms with Crippen LogP contribution in [0.3, 0.4) is 0 Å². The maximum atomic E-state index is 12.7. The van der Waals surface area contributed by atoms with Crippen molar-refractivity contribution in [2.45, 2.75) is 42.7 Å². The summed E-state index contributed by atoms with van der Waals surface area (Å²) >= 11 is 12.0. The molecule has 112 valence electrons. The molecule has 0 saturated heterocycles. The Morgan fingerprint density at radius 3 is 2.30 bits per heavy atom. The van der Waals surface area contributed by atoms with E-state index in [1.807, 2.05) is 0 Å². The summed E-state index contributed by atoms with van der Waals surface area (Å²) in [7, 11) is -2.36. The van der Waals surface area contributed by atoms with E-state index in [4.69, 9.17) is 23.2 Å². The minimum atomic E-state index is -3.82. The van der Waals surface area contributed by atoms with Gasteiger partial charge in [0.2, 0.25) is 10.0 Å². The van der Waals surface area contributed by atoms with E-state index in [1.165, 1.54) is 23.5 Å². The summed E-state index contributed by atoms with van der Waals surface area (Å²) in [4.78, 5) is -0.0939. The zero-order valence-electron chi connectivity index (χ0n) is 11.1. The van der Waals surface area contributed by atoms with E-state index >= 15 is 0 Å². The average Bonchev–Trinajstić information content (AvgIpc) is 2.38. The van der Waals surface area contributed by atoms with Crippen molar-refractivity contribution in [1.82, 2.24) is 4.31 Å². The molecule has 0 amide bonds. The van der Waals surface area contributed by atoms with E-state index in [-0.39, 0.29) is 14.9 Å². The van der Waals surface area contributed by atoms with Crippen molar-refractivity contribution in [3.8, 4) is 0 Å². The van der Waals surface area contributed by atoms with Gasteiger partial charge in [0, 0.05) is 7.05 Å². The van der Waals surface area contributed by atoms with Gasteiger partial charge >= 0.3 is 0 Å². The molecule has 0 aliphatic heterocycles. The summed E-state index contributed by atoms with van der Waals surface area (Å²) in [6, 6.07) is 4.15. The summed E-state index contributed by atoms with van der Waals surface area (Å²) in [5.41, 5.74) is 0. The van der Waals surface area contributed by atoms with Crippen LogP contribution in [0, 0.1) is 0 Å². The van der Waals surface area contributed by atoms with Gasteiger partial charge < -0.3 is 5.11 Å². The number of aliphatic hydroxyl groups excluding tert-OH is 1. The van der Waals surface area contributed by atoms with Gasteiger partial charge in [-0.1, -0.05) is 42.1 Å². The van der Waals surface area contributed by atoms with Crippen LogP contribution >= 0.6 is 23.2 Å². The van der Waals surface area contributed by atoms with Crippen LogP contribution in [0.5, 0.6) is 0 Å². The Balaban J connectivity index is 2.39. The topological polar surface area (TPSA) is 57.6 Å². The van der Waals surface area contributed by atoms with E-state index in [0.29, 0.717) is 12.8 Å². The second-order valence-corrected chi connectivity index (χ2v) is 7.74. The van der Waals surface area contributed by atoms with Gasteiger partial charge in [0.15, 0.2) is 0 Å². The first-order valence-electron chi connectivity index (χ1n) is 6.46. The zero-order valence-corrected chi connectivity index (χ0v) is 13.4. The van der Waals surface area contributed by atoms with E-state index in [2.05, 4.69) is 0 Å². The Hall–Kier alpha value is -0.330. The number of rotatable bonds is 3. The normalized spacial score (nSPS) is 24.1. The lowest BCUT2D eigenvalue weighted by Crippen LogP contribution is -2.46. The van der Waals surface area contributed by atoms with Crippen molar-refractivity contribution in [2.24, 2.45) is 0 Å². The van der Waals surface area contributed by atoms with Crippen molar-refractivity contribution in [3.05, 3.63) is 28.2 Å². The minimum Gasteiger partial charge on any atom is -0.391 e. The van der Waals surface area contributed by atoms with Crippen LogP contribution in [0.1, 0.15) is 25.7 Å². The third-order valence-electron chi connectivity index (χ3n) is 3.72. The van der Waals surface area contributed by atoms with Crippen molar-refractivity contribution in [1.29, 1.82) is 0 Å². The van der Waals surface area contributed by atoms with E-state index in [1.54, 1.807) is 6.07 Å². The molecule has 2 unspecified atom stereocenters. The molecule has 1 aliphatic rings. The summed E-state index contributed by atoms with van der Waals surface area (Å²) in [6.07, 6.45) is 2.42. The highest BCUT2D eigenvalue weighted by Gasteiger charge is 2.36.